The van der Waals surface area contributed by atoms with Gasteiger partial charge in [-0.3, -0.25) is 0 Å². The Labute approximate surface area is 138 Å². The van der Waals surface area contributed by atoms with Gasteiger partial charge in [-0.25, -0.2) is 13.2 Å². The van der Waals surface area contributed by atoms with E-state index in [1.54, 1.807) is 18.2 Å². The van der Waals surface area contributed by atoms with Crippen molar-refractivity contribution in [2.75, 3.05) is 10.7 Å². The lowest BCUT2D eigenvalue weighted by atomic mass is 9.79. The average molecular weight is 422 g/mol. The third-order valence-electron chi connectivity index (χ3n) is 3.49. The first kappa shape index (κ1) is 16.6. The van der Waals surface area contributed by atoms with Crippen LogP contribution in [-0.4, -0.2) is 10.7 Å². The number of alkyl halides is 2. The van der Waals surface area contributed by atoms with Crippen LogP contribution >= 0.6 is 31.9 Å². The molecular weight excluding hydrogens is 409 g/mol. The molecule has 0 unspecified atom stereocenters. The first-order valence-corrected chi connectivity index (χ1v) is 8.57. The molecule has 2 aromatic rings. The highest BCUT2D eigenvalue weighted by Gasteiger charge is 2.30. The summed E-state index contributed by atoms with van der Waals surface area (Å²) in [6, 6.07) is 10.2. The molecule has 0 saturated carbocycles. The Morgan fingerprint density at radius 1 is 0.810 bits per heavy atom. The average Bonchev–Trinajstić information content (AvgIpc) is 2.49. The predicted molar refractivity (Wildman–Crippen MR) is 85.7 cm³/mol. The van der Waals surface area contributed by atoms with Crippen molar-refractivity contribution >= 4 is 31.9 Å². The van der Waals surface area contributed by atoms with E-state index in [9.17, 15) is 13.2 Å². The van der Waals surface area contributed by atoms with Crippen molar-refractivity contribution in [3.63, 3.8) is 0 Å². The van der Waals surface area contributed by atoms with Crippen molar-refractivity contribution < 1.29 is 13.2 Å². The van der Waals surface area contributed by atoms with Crippen molar-refractivity contribution in [2.45, 2.75) is 11.8 Å². The molecule has 112 valence electrons. The molecule has 0 heterocycles. The van der Waals surface area contributed by atoms with Gasteiger partial charge in [0.25, 0.3) is 0 Å². The third kappa shape index (κ3) is 3.69. The predicted octanol–water partition coefficient (Wildman–Crippen LogP) is 5.37. The quantitative estimate of drug-likeness (QED) is 0.569. The van der Waals surface area contributed by atoms with Gasteiger partial charge < -0.3 is 0 Å². The lowest BCUT2D eigenvalue weighted by Gasteiger charge is -2.31. The molecule has 0 amide bonds. The number of benzene rings is 2. The maximum atomic E-state index is 13.4. The minimum Gasteiger partial charge on any atom is -0.207 e. The van der Waals surface area contributed by atoms with Gasteiger partial charge in [-0.05, 0) is 41.8 Å². The normalized spacial score (nSPS) is 11.7. The Bertz CT molecular complexity index is 607. The molecule has 0 nitrogen and oxygen atoms in total. The standard InChI is InChI=1S/C16H13Br2F3/c17-9-16(10-18,12-2-4-13(19)5-3-12)8-11-1-6-14(20)15(21)7-11/h1-7H,8-10H2. The zero-order valence-corrected chi connectivity index (χ0v) is 14.2. The molecule has 0 N–H and O–H groups in total. The number of hydrogen-bond acceptors (Lipinski definition) is 0. The summed E-state index contributed by atoms with van der Waals surface area (Å²) in [6.45, 7) is 0. The minimum absolute atomic E-state index is 0.301. The van der Waals surface area contributed by atoms with Crippen molar-refractivity contribution in [1.29, 1.82) is 0 Å². The van der Waals surface area contributed by atoms with Crippen molar-refractivity contribution in [3.05, 3.63) is 71.0 Å². The SMILES string of the molecule is Fc1ccc(C(CBr)(CBr)Cc2ccc(F)c(F)c2)cc1. The maximum Gasteiger partial charge on any atom is 0.159 e. The Morgan fingerprint density at radius 2 is 1.43 bits per heavy atom. The molecule has 0 atom stereocenters. The second-order valence-corrected chi connectivity index (χ2v) is 6.10. The Kier molecular flexibility index (Phi) is 5.49. The molecule has 0 radical (unpaired) electrons. The van der Waals surface area contributed by atoms with Crippen molar-refractivity contribution in [2.24, 2.45) is 0 Å². The molecule has 0 saturated heterocycles. The van der Waals surface area contributed by atoms with Gasteiger partial charge in [-0.2, -0.15) is 0 Å². The zero-order chi connectivity index (χ0) is 15.5. The van der Waals surface area contributed by atoms with Crippen LogP contribution in [0.15, 0.2) is 42.5 Å². The summed E-state index contributed by atoms with van der Waals surface area (Å²) in [7, 11) is 0. The fraction of sp³-hybridized carbons (Fsp3) is 0.250. The van der Waals surface area contributed by atoms with E-state index in [-0.39, 0.29) is 11.2 Å². The van der Waals surface area contributed by atoms with Crippen LogP contribution in [0.4, 0.5) is 13.2 Å². The van der Waals surface area contributed by atoms with E-state index in [0.29, 0.717) is 22.6 Å². The van der Waals surface area contributed by atoms with Crippen LogP contribution < -0.4 is 0 Å². The van der Waals surface area contributed by atoms with Gasteiger partial charge in [0.2, 0.25) is 0 Å². The zero-order valence-electron chi connectivity index (χ0n) is 11.1. The van der Waals surface area contributed by atoms with Crippen LogP contribution in [0.1, 0.15) is 11.1 Å². The first-order chi connectivity index (χ1) is 10.0. The Hall–Kier alpha value is -0.810. The van der Waals surface area contributed by atoms with Crippen LogP contribution in [0.3, 0.4) is 0 Å². The monoisotopic (exact) mass is 420 g/mol. The molecular formula is C16H13Br2F3. The van der Waals surface area contributed by atoms with Gasteiger partial charge in [0.15, 0.2) is 11.6 Å². The first-order valence-electron chi connectivity index (χ1n) is 6.33. The highest BCUT2D eigenvalue weighted by molar-refractivity contribution is 9.09. The van der Waals surface area contributed by atoms with E-state index in [1.807, 2.05) is 0 Å². The van der Waals surface area contributed by atoms with E-state index in [0.717, 1.165) is 11.6 Å². The van der Waals surface area contributed by atoms with Gasteiger partial charge in [0.05, 0.1) is 0 Å². The third-order valence-corrected chi connectivity index (χ3v) is 5.64. The second-order valence-electron chi connectivity index (χ2n) is 4.98. The molecule has 0 spiro atoms. The van der Waals surface area contributed by atoms with E-state index in [4.69, 9.17) is 0 Å². The summed E-state index contributed by atoms with van der Waals surface area (Å²) >= 11 is 6.97. The summed E-state index contributed by atoms with van der Waals surface area (Å²) in [5.74, 6) is -2.02. The molecule has 0 aromatic heterocycles. The summed E-state index contributed by atoms with van der Waals surface area (Å²) in [4.78, 5) is 0. The number of rotatable bonds is 5. The van der Waals surface area contributed by atoms with Gasteiger partial charge in [-0.15, -0.1) is 0 Å². The van der Waals surface area contributed by atoms with Crippen LogP contribution in [0.2, 0.25) is 0 Å². The van der Waals surface area contributed by atoms with Gasteiger partial charge >= 0.3 is 0 Å². The summed E-state index contributed by atoms with van der Waals surface area (Å²) in [6.07, 6.45) is 0.506. The fourth-order valence-electron chi connectivity index (χ4n) is 2.23. The topological polar surface area (TPSA) is 0 Å². The smallest absolute Gasteiger partial charge is 0.159 e. The van der Waals surface area contributed by atoms with E-state index in [1.165, 1.54) is 18.2 Å². The van der Waals surface area contributed by atoms with Gasteiger partial charge in [0.1, 0.15) is 5.82 Å². The molecule has 0 aliphatic rings. The number of halogens is 5. The van der Waals surface area contributed by atoms with E-state index < -0.39 is 11.6 Å². The fourth-order valence-corrected chi connectivity index (χ4v) is 4.20. The summed E-state index contributed by atoms with van der Waals surface area (Å²) < 4.78 is 39.5. The molecule has 5 heteroatoms. The highest BCUT2D eigenvalue weighted by Crippen LogP contribution is 2.33. The van der Waals surface area contributed by atoms with Crippen LogP contribution in [0.5, 0.6) is 0 Å². The van der Waals surface area contributed by atoms with Gasteiger partial charge in [0, 0.05) is 16.1 Å². The largest absolute Gasteiger partial charge is 0.207 e. The van der Waals surface area contributed by atoms with Crippen LogP contribution in [0.25, 0.3) is 0 Å². The van der Waals surface area contributed by atoms with Crippen molar-refractivity contribution in [1.82, 2.24) is 0 Å². The Balaban J connectivity index is 2.37. The highest BCUT2D eigenvalue weighted by atomic mass is 79.9. The Morgan fingerprint density at radius 3 is 1.95 bits per heavy atom. The number of hydrogen-bond donors (Lipinski definition) is 0. The minimum atomic E-state index is -0.858. The van der Waals surface area contributed by atoms with Crippen molar-refractivity contribution in [3.8, 4) is 0 Å². The molecule has 0 aliphatic carbocycles. The van der Waals surface area contributed by atoms with E-state index in [2.05, 4.69) is 31.9 Å². The van der Waals surface area contributed by atoms with E-state index >= 15 is 0 Å². The molecule has 0 aliphatic heterocycles. The lowest BCUT2D eigenvalue weighted by molar-refractivity contribution is 0.500. The maximum absolute atomic E-state index is 13.4. The van der Waals surface area contributed by atoms with Crippen LogP contribution in [0, 0.1) is 17.5 Å². The van der Waals surface area contributed by atoms with Crippen LogP contribution in [-0.2, 0) is 11.8 Å². The lowest BCUT2D eigenvalue weighted by Crippen LogP contribution is -2.33. The molecule has 2 aromatic carbocycles. The molecule has 21 heavy (non-hydrogen) atoms. The molecule has 0 fully saturated rings. The summed E-state index contributed by atoms with van der Waals surface area (Å²) in [5.41, 5.74) is 1.26. The molecule has 0 bridgehead atoms. The van der Waals surface area contributed by atoms with Gasteiger partial charge in [-0.1, -0.05) is 50.1 Å². The summed E-state index contributed by atoms with van der Waals surface area (Å²) in [5, 5.41) is 1.21. The molecule has 2 rings (SSSR count). The second kappa shape index (κ2) is 6.97.